The van der Waals surface area contributed by atoms with Gasteiger partial charge in [-0.2, -0.15) is 0 Å². The molecule has 0 radical (unpaired) electrons. The number of ether oxygens (including phenoxy) is 1. The molecule has 0 saturated heterocycles. The van der Waals surface area contributed by atoms with Gasteiger partial charge in [-0.05, 0) is 17.5 Å². The second kappa shape index (κ2) is 4.19. The van der Waals surface area contributed by atoms with Crippen LogP contribution in [-0.4, -0.2) is 12.5 Å². The Balaban J connectivity index is 2.57. The van der Waals surface area contributed by atoms with E-state index in [0.717, 1.165) is 11.3 Å². The van der Waals surface area contributed by atoms with E-state index in [0.29, 0.717) is 18.0 Å². The van der Waals surface area contributed by atoms with Crippen LogP contribution in [0.25, 0.3) is 0 Å². The first kappa shape index (κ1) is 12.7. The van der Waals surface area contributed by atoms with Crippen molar-refractivity contribution in [3.63, 3.8) is 0 Å². The fourth-order valence-electron chi connectivity index (χ4n) is 2.00. The number of nitrogen functional groups attached to an aromatic ring is 1. The summed E-state index contributed by atoms with van der Waals surface area (Å²) < 4.78 is 5.80. The van der Waals surface area contributed by atoms with Crippen LogP contribution in [0.5, 0.6) is 5.75 Å². The van der Waals surface area contributed by atoms with E-state index in [1.54, 1.807) is 6.07 Å². The fourth-order valence-corrected chi connectivity index (χ4v) is 2.00. The number of fused-ring (bicyclic) bond motifs is 1. The summed E-state index contributed by atoms with van der Waals surface area (Å²) in [6.07, 6.45) is 0. The number of hydrogen-bond acceptors (Lipinski definition) is 3. The molecule has 0 bridgehead atoms. The van der Waals surface area contributed by atoms with Gasteiger partial charge in [-0.15, -0.1) is 0 Å². The van der Waals surface area contributed by atoms with Gasteiger partial charge in [-0.25, -0.2) is 0 Å². The van der Waals surface area contributed by atoms with Gasteiger partial charge < -0.3 is 15.8 Å². The van der Waals surface area contributed by atoms with Crippen molar-refractivity contribution in [1.29, 1.82) is 0 Å². The highest BCUT2D eigenvalue weighted by Gasteiger charge is 2.27. The van der Waals surface area contributed by atoms with E-state index in [1.807, 2.05) is 13.0 Å². The zero-order valence-corrected chi connectivity index (χ0v) is 11.3. The van der Waals surface area contributed by atoms with E-state index >= 15 is 0 Å². The van der Waals surface area contributed by atoms with Gasteiger partial charge in [0.1, 0.15) is 5.75 Å². The third-order valence-electron chi connectivity index (χ3n) is 3.10. The average molecular weight is 248 g/mol. The fraction of sp³-hybridized carbons (Fsp3) is 0.500. The number of amides is 1. The maximum atomic E-state index is 11.8. The van der Waals surface area contributed by atoms with Gasteiger partial charge in [0, 0.05) is 11.3 Å². The van der Waals surface area contributed by atoms with Crippen LogP contribution in [0, 0.1) is 5.92 Å². The third-order valence-corrected chi connectivity index (χ3v) is 3.10. The van der Waals surface area contributed by atoms with Crippen LogP contribution in [0.2, 0.25) is 0 Å². The van der Waals surface area contributed by atoms with Gasteiger partial charge in [0.25, 0.3) is 0 Å². The molecule has 1 aromatic carbocycles. The third kappa shape index (κ3) is 2.28. The molecule has 0 aliphatic carbocycles. The molecule has 1 aliphatic heterocycles. The molecule has 2 rings (SSSR count). The Labute approximate surface area is 108 Å². The van der Waals surface area contributed by atoms with Gasteiger partial charge in [-0.3, -0.25) is 4.79 Å². The molecule has 0 saturated carbocycles. The first-order chi connectivity index (χ1) is 8.29. The number of anilines is 2. The zero-order chi connectivity index (χ0) is 13.5. The molecule has 0 fully saturated rings. The van der Waals surface area contributed by atoms with E-state index in [1.165, 1.54) is 0 Å². The lowest BCUT2D eigenvalue weighted by molar-refractivity contribution is -0.119. The molecule has 1 aromatic rings. The minimum atomic E-state index is -0.161. The van der Waals surface area contributed by atoms with Crippen molar-refractivity contribution in [3.8, 4) is 5.75 Å². The van der Waals surface area contributed by atoms with Crippen LogP contribution in [0.1, 0.15) is 33.3 Å². The van der Waals surface area contributed by atoms with E-state index in [2.05, 4.69) is 26.1 Å². The highest BCUT2D eigenvalue weighted by molar-refractivity contribution is 5.95. The molecule has 98 valence electrons. The Bertz CT molecular complexity index is 489. The molecular formula is C14H20N2O2. The summed E-state index contributed by atoms with van der Waals surface area (Å²) >= 11 is 0. The van der Waals surface area contributed by atoms with Crippen LogP contribution < -0.4 is 15.8 Å². The number of rotatable bonds is 0. The number of carbonyl (C=O) groups is 1. The molecule has 1 amide bonds. The number of hydrogen-bond donors (Lipinski definition) is 2. The maximum absolute atomic E-state index is 11.8. The number of benzene rings is 1. The van der Waals surface area contributed by atoms with Crippen molar-refractivity contribution in [2.75, 3.05) is 17.7 Å². The van der Waals surface area contributed by atoms with Crippen LogP contribution in [0.15, 0.2) is 12.1 Å². The van der Waals surface area contributed by atoms with Crippen LogP contribution in [-0.2, 0) is 10.2 Å². The largest absolute Gasteiger partial charge is 0.490 e. The van der Waals surface area contributed by atoms with E-state index < -0.39 is 0 Å². The topological polar surface area (TPSA) is 64.3 Å². The standard InChI is InChI=1S/C14H20N2O2/c1-8-7-18-12-10(14(2,3)4)5-9(15)6-11(12)16-13(8)17/h5-6,8H,7,15H2,1-4H3,(H,16,17). The summed E-state index contributed by atoms with van der Waals surface area (Å²) in [5.74, 6) is 0.556. The first-order valence-electron chi connectivity index (χ1n) is 6.16. The monoisotopic (exact) mass is 248 g/mol. The van der Waals surface area contributed by atoms with Crippen LogP contribution in [0.3, 0.4) is 0 Å². The molecule has 0 aromatic heterocycles. The second-order valence-electron chi connectivity index (χ2n) is 5.90. The lowest BCUT2D eigenvalue weighted by atomic mass is 9.85. The highest BCUT2D eigenvalue weighted by atomic mass is 16.5. The Kier molecular flexibility index (Phi) is 2.97. The summed E-state index contributed by atoms with van der Waals surface area (Å²) in [6, 6.07) is 3.67. The number of nitrogens with two attached hydrogens (primary N) is 1. The predicted molar refractivity (Wildman–Crippen MR) is 72.8 cm³/mol. The summed E-state index contributed by atoms with van der Waals surface area (Å²) in [7, 11) is 0. The maximum Gasteiger partial charge on any atom is 0.230 e. The summed E-state index contributed by atoms with van der Waals surface area (Å²) in [4.78, 5) is 11.8. The molecule has 1 aliphatic rings. The molecule has 1 atom stereocenters. The molecule has 0 spiro atoms. The van der Waals surface area contributed by atoms with Gasteiger partial charge >= 0.3 is 0 Å². The van der Waals surface area contributed by atoms with Crippen molar-refractivity contribution in [2.24, 2.45) is 5.92 Å². The second-order valence-corrected chi connectivity index (χ2v) is 5.90. The van der Waals surface area contributed by atoms with Crippen LogP contribution >= 0.6 is 0 Å². The molecular weight excluding hydrogens is 228 g/mol. The molecule has 3 N–H and O–H groups in total. The SMILES string of the molecule is CC1COc2c(cc(N)cc2C(C)(C)C)NC1=O. The first-order valence-corrected chi connectivity index (χ1v) is 6.16. The minimum Gasteiger partial charge on any atom is -0.490 e. The number of carbonyl (C=O) groups excluding carboxylic acids is 1. The molecule has 4 nitrogen and oxygen atoms in total. The van der Waals surface area contributed by atoms with E-state index in [9.17, 15) is 4.79 Å². The van der Waals surface area contributed by atoms with Crippen molar-refractivity contribution in [3.05, 3.63) is 17.7 Å². The molecule has 4 heteroatoms. The summed E-state index contributed by atoms with van der Waals surface area (Å²) in [6.45, 7) is 8.54. The summed E-state index contributed by atoms with van der Waals surface area (Å²) in [5, 5.41) is 2.88. The Morgan fingerprint density at radius 2 is 2.06 bits per heavy atom. The summed E-state index contributed by atoms with van der Waals surface area (Å²) in [5.41, 5.74) is 8.15. The lowest BCUT2D eigenvalue weighted by Gasteiger charge is -2.24. The predicted octanol–water partition coefficient (Wildman–Crippen LogP) is 2.53. The van der Waals surface area contributed by atoms with Gasteiger partial charge in [-0.1, -0.05) is 27.7 Å². The Morgan fingerprint density at radius 3 is 2.67 bits per heavy atom. The smallest absolute Gasteiger partial charge is 0.230 e. The molecule has 18 heavy (non-hydrogen) atoms. The van der Waals surface area contributed by atoms with E-state index in [4.69, 9.17) is 10.5 Å². The lowest BCUT2D eigenvalue weighted by Crippen LogP contribution is -2.22. The molecule has 1 heterocycles. The van der Waals surface area contributed by atoms with Gasteiger partial charge in [0.05, 0.1) is 18.2 Å². The zero-order valence-electron chi connectivity index (χ0n) is 11.3. The van der Waals surface area contributed by atoms with Crippen molar-refractivity contribution < 1.29 is 9.53 Å². The molecule has 1 unspecified atom stereocenters. The quantitative estimate of drug-likeness (QED) is 0.693. The van der Waals surface area contributed by atoms with Crippen LogP contribution in [0.4, 0.5) is 11.4 Å². The van der Waals surface area contributed by atoms with Gasteiger partial charge in [0.2, 0.25) is 5.91 Å². The normalized spacial score (nSPS) is 19.6. The van der Waals surface area contributed by atoms with Crippen molar-refractivity contribution in [2.45, 2.75) is 33.1 Å². The Hall–Kier alpha value is -1.71. The van der Waals surface area contributed by atoms with E-state index in [-0.39, 0.29) is 17.2 Å². The van der Waals surface area contributed by atoms with Crippen molar-refractivity contribution >= 4 is 17.3 Å². The van der Waals surface area contributed by atoms with Crippen molar-refractivity contribution in [1.82, 2.24) is 0 Å². The average Bonchev–Trinajstić information content (AvgIpc) is 2.37. The highest BCUT2D eigenvalue weighted by Crippen LogP contribution is 2.40. The number of nitrogens with one attached hydrogen (secondary N) is 1. The minimum absolute atomic E-state index is 0.0285. The Morgan fingerprint density at radius 1 is 1.39 bits per heavy atom. The van der Waals surface area contributed by atoms with Gasteiger partial charge in [0.15, 0.2) is 0 Å².